The maximum absolute atomic E-state index is 12.8. The van der Waals surface area contributed by atoms with Crippen molar-refractivity contribution in [1.82, 2.24) is 5.16 Å². The highest BCUT2D eigenvalue weighted by Crippen LogP contribution is 2.19. The molecule has 0 radical (unpaired) electrons. The van der Waals surface area contributed by atoms with Crippen molar-refractivity contribution in [3.05, 3.63) is 29.7 Å². The van der Waals surface area contributed by atoms with Crippen LogP contribution in [0, 0.1) is 5.82 Å². The van der Waals surface area contributed by atoms with Crippen LogP contribution < -0.4 is 0 Å². The van der Waals surface area contributed by atoms with Gasteiger partial charge in [0.25, 0.3) is 0 Å². The number of hydrogen-bond acceptors (Lipinski definition) is 4. The van der Waals surface area contributed by atoms with Crippen LogP contribution in [0.5, 0.6) is 0 Å². The highest BCUT2D eigenvalue weighted by atomic mass is 32.2. The third-order valence-electron chi connectivity index (χ3n) is 2.22. The van der Waals surface area contributed by atoms with Crippen molar-refractivity contribution in [3.63, 3.8) is 0 Å². The number of aromatic nitrogens is 1. The Morgan fingerprint density at radius 3 is 2.88 bits per heavy atom. The molecule has 1 aromatic heterocycles. The lowest BCUT2D eigenvalue weighted by Crippen LogP contribution is -2.06. The van der Waals surface area contributed by atoms with E-state index in [0.717, 1.165) is 6.26 Å². The molecule has 0 aliphatic carbocycles. The second kappa shape index (κ2) is 3.86. The summed E-state index contributed by atoms with van der Waals surface area (Å²) in [5, 5.41) is 4.39. The van der Waals surface area contributed by atoms with Crippen molar-refractivity contribution >= 4 is 20.8 Å². The highest BCUT2D eigenvalue weighted by Gasteiger charge is 2.11. The maximum Gasteiger partial charge on any atom is 0.170 e. The topological polar surface area (TPSA) is 60.2 Å². The van der Waals surface area contributed by atoms with Gasteiger partial charge in [0.1, 0.15) is 15.7 Å². The van der Waals surface area contributed by atoms with E-state index in [-0.39, 0.29) is 12.2 Å². The van der Waals surface area contributed by atoms with Crippen LogP contribution >= 0.6 is 0 Å². The smallest absolute Gasteiger partial charge is 0.170 e. The standard InChI is InChI=1S/C10H10FNO3S/c1-16(13,14)5-4-9-8-3-2-7(11)6-10(8)15-12-9/h2-3,6H,4-5H2,1H3. The second-order valence-corrected chi connectivity index (χ2v) is 5.91. The number of nitrogens with zero attached hydrogens (tertiary/aromatic N) is 1. The first-order valence-corrected chi connectivity index (χ1v) is 6.73. The van der Waals surface area contributed by atoms with Crippen LogP contribution in [0.3, 0.4) is 0 Å². The SMILES string of the molecule is CS(=O)(=O)CCc1noc2cc(F)ccc12. The van der Waals surface area contributed by atoms with Crippen molar-refractivity contribution in [1.29, 1.82) is 0 Å². The van der Waals surface area contributed by atoms with Gasteiger partial charge < -0.3 is 4.52 Å². The lowest BCUT2D eigenvalue weighted by molar-refractivity contribution is 0.445. The first-order valence-electron chi connectivity index (χ1n) is 4.67. The molecule has 1 heterocycles. The summed E-state index contributed by atoms with van der Waals surface area (Å²) in [5.41, 5.74) is 0.879. The zero-order valence-electron chi connectivity index (χ0n) is 8.60. The van der Waals surface area contributed by atoms with Gasteiger partial charge in [0.2, 0.25) is 0 Å². The van der Waals surface area contributed by atoms with Gasteiger partial charge in [-0.2, -0.15) is 0 Å². The van der Waals surface area contributed by atoms with E-state index in [1.54, 1.807) is 6.07 Å². The van der Waals surface area contributed by atoms with Crippen LogP contribution in [0.2, 0.25) is 0 Å². The number of benzene rings is 1. The molecular formula is C10H10FNO3S. The number of halogens is 1. The van der Waals surface area contributed by atoms with Gasteiger partial charge in [-0.3, -0.25) is 0 Å². The maximum atomic E-state index is 12.8. The summed E-state index contributed by atoms with van der Waals surface area (Å²) in [6.07, 6.45) is 1.44. The predicted molar refractivity (Wildman–Crippen MR) is 57.4 cm³/mol. The molecule has 6 heteroatoms. The Bertz CT molecular complexity index is 618. The number of rotatable bonds is 3. The van der Waals surface area contributed by atoms with Gasteiger partial charge in [-0.1, -0.05) is 5.16 Å². The average molecular weight is 243 g/mol. The van der Waals surface area contributed by atoms with Gasteiger partial charge in [0.05, 0.1) is 11.4 Å². The van der Waals surface area contributed by atoms with E-state index in [4.69, 9.17) is 4.52 Å². The lowest BCUT2D eigenvalue weighted by Gasteiger charge is -1.95. The normalized spacial score (nSPS) is 12.1. The van der Waals surface area contributed by atoms with Crippen LogP contribution in [0.4, 0.5) is 4.39 Å². The summed E-state index contributed by atoms with van der Waals surface area (Å²) in [6, 6.07) is 4.06. The first-order chi connectivity index (χ1) is 7.46. The van der Waals surface area contributed by atoms with E-state index in [1.807, 2.05) is 0 Å². The molecule has 1 aromatic carbocycles. The summed E-state index contributed by atoms with van der Waals surface area (Å²) in [6.45, 7) is 0. The fourth-order valence-corrected chi connectivity index (χ4v) is 1.99. The Morgan fingerprint density at radius 1 is 1.44 bits per heavy atom. The van der Waals surface area contributed by atoms with Gasteiger partial charge in [-0.25, -0.2) is 12.8 Å². The summed E-state index contributed by atoms with van der Waals surface area (Å²) >= 11 is 0. The second-order valence-electron chi connectivity index (χ2n) is 3.65. The van der Waals surface area contributed by atoms with Crippen LogP contribution in [0.15, 0.2) is 22.7 Å². The van der Waals surface area contributed by atoms with Crippen molar-refractivity contribution in [3.8, 4) is 0 Å². The fourth-order valence-electron chi connectivity index (χ4n) is 1.43. The van der Waals surface area contributed by atoms with Crippen molar-refractivity contribution in [2.45, 2.75) is 6.42 Å². The third-order valence-corrected chi connectivity index (χ3v) is 3.16. The molecule has 86 valence electrons. The Hall–Kier alpha value is -1.43. The molecule has 0 fully saturated rings. The highest BCUT2D eigenvalue weighted by molar-refractivity contribution is 7.90. The van der Waals surface area contributed by atoms with Crippen LogP contribution in [-0.2, 0) is 16.3 Å². The summed E-state index contributed by atoms with van der Waals surface area (Å²) in [5.74, 6) is -0.398. The summed E-state index contributed by atoms with van der Waals surface area (Å²) in [7, 11) is -3.03. The number of hydrogen-bond donors (Lipinski definition) is 0. The van der Waals surface area contributed by atoms with E-state index in [0.29, 0.717) is 16.7 Å². The molecule has 0 spiro atoms. The molecule has 0 amide bonds. The Balaban J connectivity index is 2.32. The van der Waals surface area contributed by atoms with Crippen LogP contribution in [0.1, 0.15) is 5.69 Å². The number of aryl methyl sites for hydroxylation is 1. The van der Waals surface area contributed by atoms with Crippen molar-refractivity contribution in [2.24, 2.45) is 0 Å². The third kappa shape index (κ3) is 2.38. The molecule has 0 saturated heterocycles. The van der Waals surface area contributed by atoms with Crippen molar-refractivity contribution in [2.75, 3.05) is 12.0 Å². The fraction of sp³-hybridized carbons (Fsp3) is 0.300. The molecule has 0 N–H and O–H groups in total. The van der Waals surface area contributed by atoms with E-state index in [9.17, 15) is 12.8 Å². The molecule has 0 unspecified atom stereocenters. The van der Waals surface area contributed by atoms with Gasteiger partial charge in [0, 0.05) is 24.1 Å². The zero-order valence-corrected chi connectivity index (χ0v) is 9.42. The largest absolute Gasteiger partial charge is 0.356 e. The molecule has 0 saturated carbocycles. The summed E-state index contributed by atoms with van der Waals surface area (Å²) < 4.78 is 39.7. The molecular weight excluding hydrogens is 233 g/mol. The Labute approximate surface area is 92.0 Å². The van der Waals surface area contributed by atoms with Gasteiger partial charge in [-0.05, 0) is 12.1 Å². The molecule has 2 rings (SSSR count). The molecule has 4 nitrogen and oxygen atoms in total. The monoisotopic (exact) mass is 243 g/mol. The number of sulfone groups is 1. The molecule has 2 aromatic rings. The minimum atomic E-state index is -3.03. The Morgan fingerprint density at radius 2 is 2.19 bits per heavy atom. The quantitative estimate of drug-likeness (QED) is 0.820. The first kappa shape index (κ1) is 11.1. The van der Waals surface area contributed by atoms with Gasteiger partial charge in [0.15, 0.2) is 5.58 Å². The van der Waals surface area contributed by atoms with E-state index >= 15 is 0 Å². The van der Waals surface area contributed by atoms with E-state index < -0.39 is 15.7 Å². The molecule has 0 atom stereocenters. The lowest BCUT2D eigenvalue weighted by atomic mass is 10.2. The van der Waals surface area contributed by atoms with Gasteiger partial charge in [-0.15, -0.1) is 0 Å². The molecule has 16 heavy (non-hydrogen) atoms. The minimum absolute atomic E-state index is 0.00596. The van der Waals surface area contributed by atoms with Crippen LogP contribution in [0.25, 0.3) is 11.0 Å². The molecule has 0 aliphatic rings. The number of fused-ring (bicyclic) bond motifs is 1. The molecule has 0 bridgehead atoms. The van der Waals surface area contributed by atoms with Gasteiger partial charge >= 0.3 is 0 Å². The van der Waals surface area contributed by atoms with E-state index in [2.05, 4.69) is 5.16 Å². The summed E-state index contributed by atoms with van der Waals surface area (Å²) in [4.78, 5) is 0. The Kier molecular flexibility index (Phi) is 2.67. The predicted octanol–water partition coefficient (Wildman–Crippen LogP) is 1.55. The van der Waals surface area contributed by atoms with Crippen LogP contribution in [-0.4, -0.2) is 25.6 Å². The average Bonchev–Trinajstić information content (AvgIpc) is 2.56. The molecule has 0 aliphatic heterocycles. The zero-order chi connectivity index (χ0) is 11.8. The van der Waals surface area contributed by atoms with Crippen molar-refractivity contribution < 1.29 is 17.3 Å². The van der Waals surface area contributed by atoms with E-state index in [1.165, 1.54) is 12.1 Å². The minimum Gasteiger partial charge on any atom is -0.356 e.